The molecule has 11 rings (SSSR count). The summed E-state index contributed by atoms with van der Waals surface area (Å²) in [6.07, 6.45) is 0. The van der Waals surface area contributed by atoms with Crippen LogP contribution in [-0.4, -0.2) is 15.0 Å². The van der Waals surface area contributed by atoms with E-state index in [1.165, 1.54) is 10.9 Å². The van der Waals surface area contributed by atoms with Crippen molar-refractivity contribution in [2.24, 2.45) is 0 Å². The molecule has 0 aliphatic heterocycles. The molecule has 0 saturated carbocycles. The van der Waals surface area contributed by atoms with Gasteiger partial charge in [0.2, 0.25) is 0 Å². The van der Waals surface area contributed by atoms with E-state index in [1.54, 1.807) is 0 Å². The highest BCUT2D eigenvalue weighted by Crippen LogP contribution is 2.42. The molecule has 3 heterocycles. The molecule has 266 valence electrons. The Balaban J connectivity index is 0.963. The molecular formula is C53H33N3O. The Morgan fingerprint density at radius 1 is 0.333 bits per heavy atom. The van der Waals surface area contributed by atoms with Crippen LogP contribution >= 0.6 is 0 Å². The van der Waals surface area contributed by atoms with Gasteiger partial charge in [-0.15, -0.1) is 0 Å². The van der Waals surface area contributed by atoms with Crippen LogP contribution in [0.15, 0.2) is 205 Å². The van der Waals surface area contributed by atoms with Gasteiger partial charge in [0.25, 0.3) is 0 Å². The monoisotopic (exact) mass is 727 g/mol. The highest BCUT2D eigenvalue weighted by atomic mass is 16.3. The van der Waals surface area contributed by atoms with Crippen LogP contribution in [0, 0.1) is 0 Å². The maximum atomic E-state index is 6.62. The zero-order chi connectivity index (χ0) is 37.7. The lowest BCUT2D eigenvalue weighted by Crippen LogP contribution is -1.96. The van der Waals surface area contributed by atoms with Crippen LogP contribution in [0.2, 0.25) is 0 Å². The summed E-state index contributed by atoms with van der Waals surface area (Å²) in [6.45, 7) is 0. The predicted molar refractivity (Wildman–Crippen MR) is 235 cm³/mol. The third-order valence-electron chi connectivity index (χ3n) is 10.9. The summed E-state index contributed by atoms with van der Waals surface area (Å²) in [4.78, 5) is 15.5. The Bertz CT molecular complexity index is 3260. The van der Waals surface area contributed by atoms with E-state index in [0.29, 0.717) is 5.82 Å². The second-order valence-electron chi connectivity index (χ2n) is 14.4. The second kappa shape index (κ2) is 13.6. The molecular weight excluding hydrogens is 695 g/mol. The minimum absolute atomic E-state index is 0.697. The van der Waals surface area contributed by atoms with E-state index in [0.717, 1.165) is 94.3 Å². The Hall–Kier alpha value is -7.69. The van der Waals surface area contributed by atoms with Gasteiger partial charge in [0.1, 0.15) is 11.2 Å². The van der Waals surface area contributed by atoms with Gasteiger partial charge in [-0.3, -0.25) is 0 Å². The molecule has 8 aromatic carbocycles. The standard InChI is InChI=1S/C53H33N3O/c1-3-12-34(13-4-1)41-17-11-18-42(32-41)47-33-46(55-53(56-47)40-15-5-2-6-16-40)38-26-22-35(23-27-38)36-24-28-39(29-25-36)51-50-44-20-9-10-21-48(44)57-52(50)49-43-19-8-7-14-37(43)30-31-45(49)54-51/h1-33H. The minimum Gasteiger partial charge on any atom is -0.455 e. The molecule has 11 aromatic rings. The number of pyridine rings is 1. The van der Waals surface area contributed by atoms with E-state index in [1.807, 2.05) is 36.4 Å². The third-order valence-corrected chi connectivity index (χ3v) is 10.9. The predicted octanol–water partition coefficient (Wildman–Crippen LogP) is 14.1. The molecule has 0 unspecified atom stereocenters. The normalized spacial score (nSPS) is 11.5. The van der Waals surface area contributed by atoms with E-state index in [-0.39, 0.29) is 0 Å². The number of rotatable bonds is 6. The van der Waals surface area contributed by atoms with Crippen molar-refractivity contribution in [3.63, 3.8) is 0 Å². The number of benzene rings is 8. The molecule has 0 fully saturated rings. The Morgan fingerprint density at radius 3 is 1.65 bits per heavy atom. The van der Waals surface area contributed by atoms with Crippen molar-refractivity contribution in [2.75, 3.05) is 0 Å². The molecule has 57 heavy (non-hydrogen) atoms. The van der Waals surface area contributed by atoms with Crippen molar-refractivity contribution in [2.45, 2.75) is 0 Å². The first-order valence-corrected chi connectivity index (χ1v) is 19.2. The molecule has 0 amide bonds. The molecule has 0 spiro atoms. The van der Waals surface area contributed by atoms with Gasteiger partial charge in [0.15, 0.2) is 5.82 Å². The highest BCUT2D eigenvalue weighted by Gasteiger charge is 2.19. The summed E-state index contributed by atoms with van der Waals surface area (Å²) in [6, 6.07) is 69.6. The van der Waals surface area contributed by atoms with Crippen molar-refractivity contribution >= 4 is 43.6 Å². The van der Waals surface area contributed by atoms with E-state index in [9.17, 15) is 0 Å². The number of para-hydroxylation sites is 1. The number of hydrogen-bond donors (Lipinski definition) is 0. The quantitative estimate of drug-likeness (QED) is 0.160. The molecule has 0 N–H and O–H groups in total. The van der Waals surface area contributed by atoms with Crippen LogP contribution in [0.4, 0.5) is 0 Å². The maximum Gasteiger partial charge on any atom is 0.160 e. The Labute approximate surface area is 329 Å². The van der Waals surface area contributed by atoms with Gasteiger partial charge in [-0.1, -0.05) is 176 Å². The van der Waals surface area contributed by atoms with Crippen molar-refractivity contribution in [1.29, 1.82) is 0 Å². The molecule has 4 heteroatoms. The average Bonchev–Trinajstić information content (AvgIpc) is 3.69. The van der Waals surface area contributed by atoms with Crippen molar-refractivity contribution < 1.29 is 4.42 Å². The van der Waals surface area contributed by atoms with E-state index < -0.39 is 0 Å². The zero-order valence-corrected chi connectivity index (χ0v) is 30.8. The second-order valence-corrected chi connectivity index (χ2v) is 14.4. The molecule has 0 saturated heterocycles. The van der Waals surface area contributed by atoms with Crippen LogP contribution in [0.3, 0.4) is 0 Å². The summed E-state index contributed by atoms with van der Waals surface area (Å²) in [5, 5.41) is 5.46. The van der Waals surface area contributed by atoms with Gasteiger partial charge < -0.3 is 4.42 Å². The Kier molecular flexibility index (Phi) is 7.78. The van der Waals surface area contributed by atoms with E-state index in [4.69, 9.17) is 19.4 Å². The summed E-state index contributed by atoms with van der Waals surface area (Å²) in [5.74, 6) is 0.697. The first-order valence-electron chi connectivity index (χ1n) is 19.2. The fourth-order valence-electron chi connectivity index (χ4n) is 8.04. The fraction of sp³-hybridized carbons (Fsp3) is 0. The minimum atomic E-state index is 0.697. The Morgan fingerprint density at radius 2 is 0.895 bits per heavy atom. The summed E-state index contributed by atoms with van der Waals surface area (Å²) in [5.41, 5.74) is 14.0. The number of nitrogens with zero attached hydrogens (tertiary/aromatic N) is 3. The van der Waals surface area contributed by atoms with Gasteiger partial charge in [0.05, 0.1) is 33.4 Å². The molecule has 0 radical (unpaired) electrons. The van der Waals surface area contributed by atoms with Crippen molar-refractivity contribution in [1.82, 2.24) is 15.0 Å². The summed E-state index contributed by atoms with van der Waals surface area (Å²) < 4.78 is 6.62. The molecule has 0 aliphatic rings. The van der Waals surface area contributed by atoms with Crippen LogP contribution in [-0.2, 0) is 0 Å². The SMILES string of the molecule is c1ccc(-c2cccc(-c3cc(-c4ccc(-c5ccc(-c6nc7ccc8ccccc8c7c7oc8ccccc8c67)cc5)cc4)nc(-c4ccccc4)n3)c2)cc1. The molecule has 0 aliphatic carbocycles. The van der Waals surface area contributed by atoms with Gasteiger partial charge in [-0.05, 0) is 57.3 Å². The summed E-state index contributed by atoms with van der Waals surface area (Å²) >= 11 is 0. The zero-order valence-electron chi connectivity index (χ0n) is 30.8. The first kappa shape index (κ1) is 32.7. The number of aromatic nitrogens is 3. The van der Waals surface area contributed by atoms with Gasteiger partial charge in [-0.25, -0.2) is 15.0 Å². The van der Waals surface area contributed by atoms with Crippen LogP contribution < -0.4 is 0 Å². The van der Waals surface area contributed by atoms with Crippen LogP contribution in [0.25, 0.3) is 111 Å². The molecule has 0 bridgehead atoms. The lowest BCUT2D eigenvalue weighted by atomic mass is 9.97. The molecule has 0 atom stereocenters. The van der Waals surface area contributed by atoms with Gasteiger partial charge in [-0.2, -0.15) is 0 Å². The van der Waals surface area contributed by atoms with Gasteiger partial charge in [0, 0.05) is 27.6 Å². The first-order chi connectivity index (χ1) is 28.2. The van der Waals surface area contributed by atoms with Crippen LogP contribution in [0.1, 0.15) is 0 Å². The van der Waals surface area contributed by atoms with Crippen molar-refractivity contribution in [3.05, 3.63) is 200 Å². The van der Waals surface area contributed by atoms with Crippen LogP contribution in [0.5, 0.6) is 0 Å². The van der Waals surface area contributed by atoms with Gasteiger partial charge >= 0.3 is 0 Å². The summed E-state index contributed by atoms with van der Waals surface area (Å²) in [7, 11) is 0. The lowest BCUT2D eigenvalue weighted by molar-refractivity contribution is 0.673. The van der Waals surface area contributed by atoms with E-state index in [2.05, 4.69) is 164 Å². The molecule has 3 aromatic heterocycles. The average molecular weight is 728 g/mol. The number of hydrogen-bond acceptors (Lipinski definition) is 4. The lowest BCUT2D eigenvalue weighted by Gasteiger charge is -2.11. The number of furan rings is 1. The third kappa shape index (κ3) is 5.83. The topological polar surface area (TPSA) is 51.8 Å². The fourth-order valence-corrected chi connectivity index (χ4v) is 8.04. The largest absolute Gasteiger partial charge is 0.455 e. The number of fused-ring (bicyclic) bond motifs is 7. The van der Waals surface area contributed by atoms with E-state index >= 15 is 0 Å². The van der Waals surface area contributed by atoms with Crippen molar-refractivity contribution in [3.8, 4) is 67.4 Å². The molecule has 4 nitrogen and oxygen atoms in total. The highest BCUT2D eigenvalue weighted by molar-refractivity contribution is 6.25. The smallest absolute Gasteiger partial charge is 0.160 e. The maximum absolute atomic E-state index is 6.62.